The second-order valence-electron chi connectivity index (χ2n) is 7.13. The van der Waals surface area contributed by atoms with Crippen LogP contribution in [-0.2, 0) is 11.3 Å². The van der Waals surface area contributed by atoms with Gasteiger partial charge in [-0.2, -0.15) is 0 Å². The van der Waals surface area contributed by atoms with Crippen molar-refractivity contribution in [2.75, 3.05) is 13.1 Å². The van der Waals surface area contributed by atoms with Gasteiger partial charge >= 0.3 is 0 Å². The Kier molecular flexibility index (Phi) is 8.44. The quantitative estimate of drug-likeness (QED) is 0.560. The Balaban J connectivity index is 0.00000150. The van der Waals surface area contributed by atoms with E-state index in [0.29, 0.717) is 13.1 Å². The summed E-state index contributed by atoms with van der Waals surface area (Å²) in [5.74, 6) is 0.375. The van der Waals surface area contributed by atoms with Crippen molar-refractivity contribution in [1.82, 2.24) is 20.2 Å². The third-order valence-corrected chi connectivity index (χ3v) is 4.93. The van der Waals surface area contributed by atoms with Crippen molar-refractivity contribution in [1.29, 1.82) is 0 Å². The summed E-state index contributed by atoms with van der Waals surface area (Å²) in [5.41, 5.74) is 2.78. The second-order valence-corrected chi connectivity index (χ2v) is 7.13. The maximum Gasteiger partial charge on any atom is 0.234 e. The van der Waals surface area contributed by atoms with Gasteiger partial charge < -0.3 is 15.2 Å². The van der Waals surface area contributed by atoms with Crippen molar-refractivity contribution in [3.8, 4) is 0 Å². The first-order valence-electron chi connectivity index (χ1n) is 9.34. The minimum Gasteiger partial charge on any atom is -0.346 e. The molecule has 1 aliphatic rings. The Morgan fingerprint density at radius 2 is 1.86 bits per heavy atom. The summed E-state index contributed by atoms with van der Waals surface area (Å²) in [7, 11) is 0. The second kappa shape index (κ2) is 10.6. The standard InChI is InChI=1S/C21H23FN4O.2ClH/c22-17-9-7-16(8-10-17)19(25-21(27)12-23-11-15-5-6-15)13-26-14-24-18-3-1-2-4-20(18)26;;/h1-4,7-10,14-15,19,23H,5-6,11-13H2,(H,25,27);2*1H. The van der Waals surface area contributed by atoms with Crippen molar-refractivity contribution in [2.24, 2.45) is 5.92 Å². The first-order chi connectivity index (χ1) is 13.2. The number of nitrogens with one attached hydrogen (secondary N) is 2. The molecular formula is C21H25Cl2FN4O. The minimum atomic E-state index is -0.289. The van der Waals surface area contributed by atoms with Crippen molar-refractivity contribution >= 4 is 41.8 Å². The molecule has 0 spiro atoms. The highest BCUT2D eigenvalue weighted by atomic mass is 35.5. The maximum atomic E-state index is 13.3. The van der Waals surface area contributed by atoms with Gasteiger partial charge in [-0.3, -0.25) is 4.79 Å². The van der Waals surface area contributed by atoms with Gasteiger partial charge in [0.1, 0.15) is 5.82 Å². The predicted octanol–water partition coefficient (Wildman–Crippen LogP) is 3.88. The molecule has 4 rings (SSSR count). The summed E-state index contributed by atoms with van der Waals surface area (Å²) < 4.78 is 15.3. The van der Waals surface area contributed by atoms with Crippen LogP contribution in [0.4, 0.5) is 4.39 Å². The molecule has 1 amide bonds. The molecular weight excluding hydrogens is 414 g/mol. The maximum absolute atomic E-state index is 13.3. The zero-order chi connectivity index (χ0) is 18.6. The van der Waals surface area contributed by atoms with Crippen molar-refractivity contribution in [3.05, 3.63) is 66.2 Å². The normalized spacial score (nSPS) is 14.0. The van der Waals surface area contributed by atoms with Gasteiger partial charge in [0.2, 0.25) is 5.91 Å². The van der Waals surface area contributed by atoms with E-state index >= 15 is 0 Å². The Labute approximate surface area is 181 Å². The molecule has 5 nitrogen and oxygen atoms in total. The fourth-order valence-electron chi connectivity index (χ4n) is 3.24. The first-order valence-corrected chi connectivity index (χ1v) is 9.34. The summed E-state index contributed by atoms with van der Waals surface area (Å²) >= 11 is 0. The Morgan fingerprint density at radius 3 is 2.59 bits per heavy atom. The van der Waals surface area contributed by atoms with Gasteiger partial charge in [-0.25, -0.2) is 9.37 Å². The summed E-state index contributed by atoms with van der Waals surface area (Å²) in [6.07, 6.45) is 4.28. The Hall–Kier alpha value is -2.15. The number of benzene rings is 2. The van der Waals surface area contributed by atoms with E-state index in [9.17, 15) is 9.18 Å². The molecule has 3 aromatic rings. The van der Waals surface area contributed by atoms with Gasteiger partial charge in [-0.1, -0.05) is 24.3 Å². The average Bonchev–Trinajstić information content (AvgIpc) is 3.41. The number of halogens is 3. The SMILES string of the molecule is Cl.Cl.O=C(CNCC1CC1)NC(Cn1cnc2ccccc21)c1ccc(F)cc1. The third-order valence-electron chi connectivity index (χ3n) is 4.93. The summed E-state index contributed by atoms with van der Waals surface area (Å²) in [6.45, 7) is 1.71. The Bertz CT molecular complexity index is 928. The molecule has 0 bridgehead atoms. The fraction of sp³-hybridized carbons (Fsp3) is 0.333. The van der Waals surface area contributed by atoms with Gasteiger partial charge in [-0.15, -0.1) is 24.8 Å². The molecule has 1 fully saturated rings. The molecule has 1 heterocycles. The zero-order valence-corrected chi connectivity index (χ0v) is 17.5. The van der Waals surface area contributed by atoms with Crippen LogP contribution in [0.3, 0.4) is 0 Å². The smallest absolute Gasteiger partial charge is 0.234 e. The van der Waals surface area contributed by atoms with Crippen LogP contribution < -0.4 is 10.6 Å². The third kappa shape index (κ3) is 6.16. The molecule has 156 valence electrons. The van der Waals surface area contributed by atoms with E-state index in [1.165, 1.54) is 25.0 Å². The van der Waals surface area contributed by atoms with E-state index < -0.39 is 0 Å². The number of aromatic nitrogens is 2. The number of amides is 1. The van der Waals surface area contributed by atoms with Gasteiger partial charge in [0.15, 0.2) is 0 Å². The van der Waals surface area contributed by atoms with Crippen LogP contribution in [0.15, 0.2) is 54.9 Å². The van der Waals surface area contributed by atoms with E-state index in [2.05, 4.69) is 15.6 Å². The van der Waals surface area contributed by atoms with E-state index in [1.807, 2.05) is 28.8 Å². The molecule has 1 atom stereocenters. The lowest BCUT2D eigenvalue weighted by Gasteiger charge is -2.20. The van der Waals surface area contributed by atoms with Crippen molar-refractivity contribution in [2.45, 2.75) is 25.4 Å². The number of rotatable bonds is 8. The number of fused-ring (bicyclic) bond motifs is 1. The van der Waals surface area contributed by atoms with Crippen LogP contribution in [-0.4, -0.2) is 28.5 Å². The molecule has 2 N–H and O–H groups in total. The molecule has 0 aliphatic heterocycles. The largest absolute Gasteiger partial charge is 0.346 e. The van der Waals surface area contributed by atoms with Crippen molar-refractivity contribution in [3.63, 3.8) is 0 Å². The highest BCUT2D eigenvalue weighted by Crippen LogP contribution is 2.27. The summed E-state index contributed by atoms with van der Waals surface area (Å²) in [6, 6.07) is 13.9. The van der Waals surface area contributed by atoms with Gasteiger partial charge in [0.25, 0.3) is 0 Å². The summed E-state index contributed by atoms with van der Waals surface area (Å²) in [5, 5.41) is 6.29. The highest BCUT2D eigenvalue weighted by molar-refractivity contribution is 5.85. The molecule has 2 aromatic carbocycles. The number of carbonyl (C=O) groups excluding carboxylic acids is 1. The lowest BCUT2D eigenvalue weighted by atomic mass is 10.1. The minimum absolute atomic E-state index is 0. The van der Waals surface area contributed by atoms with Gasteiger partial charge in [-0.05, 0) is 55.1 Å². The average molecular weight is 439 g/mol. The molecule has 1 aromatic heterocycles. The molecule has 0 saturated heterocycles. The van der Waals surface area contributed by atoms with E-state index in [4.69, 9.17) is 0 Å². The number of imidazole rings is 1. The monoisotopic (exact) mass is 438 g/mol. The molecule has 29 heavy (non-hydrogen) atoms. The molecule has 1 saturated carbocycles. The van der Waals surface area contributed by atoms with Crippen LogP contribution in [0.2, 0.25) is 0 Å². The van der Waals surface area contributed by atoms with Gasteiger partial charge in [0, 0.05) is 6.54 Å². The van der Waals surface area contributed by atoms with Gasteiger partial charge in [0.05, 0.1) is 29.9 Å². The van der Waals surface area contributed by atoms with Crippen LogP contribution >= 0.6 is 24.8 Å². The van der Waals surface area contributed by atoms with Crippen LogP contribution in [0, 0.1) is 11.7 Å². The van der Waals surface area contributed by atoms with Crippen molar-refractivity contribution < 1.29 is 9.18 Å². The lowest BCUT2D eigenvalue weighted by molar-refractivity contribution is -0.121. The van der Waals surface area contributed by atoms with E-state index in [-0.39, 0.29) is 42.6 Å². The van der Waals surface area contributed by atoms with E-state index in [0.717, 1.165) is 29.1 Å². The molecule has 0 radical (unpaired) electrons. The lowest BCUT2D eigenvalue weighted by Crippen LogP contribution is -2.38. The number of hydrogen-bond donors (Lipinski definition) is 2. The first kappa shape index (κ1) is 23.1. The number of nitrogens with zero attached hydrogens (tertiary/aromatic N) is 2. The highest BCUT2D eigenvalue weighted by Gasteiger charge is 2.21. The van der Waals surface area contributed by atoms with Crippen LogP contribution in [0.25, 0.3) is 11.0 Å². The molecule has 8 heteroatoms. The topological polar surface area (TPSA) is 59.0 Å². The van der Waals surface area contributed by atoms with Crippen LogP contribution in [0.5, 0.6) is 0 Å². The van der Waals surface area contributed by atoms with Crippen LogP contribution in [0.1, 0.15) is 24.4 Å². The zero-order valence-electron chi connectivity index (χ0n) is 15.9. The molecule has 1 aliphatic carbocycles. The van der Waals surface area contributed by atoms with E-state index in [1.54, 1.807) is 18.5 Å². The summed E-state index contributed by atoms with van der Waals surface area (Å²) in [4.78, 5) is 16.8. The number of carbonyl (C=O) groups is 1. The predicted molar refractivity (Wildman–Crippen MR) is 117 cm³/mol. The fourth-order valence-corrected chi connectivity index (χ4v) is 3.24. The molecule has 1 unspecified atom stereocenters. The number of hydrogen-bond acceptors (Lipinski definition) is 3. The number of para-hydroxylation sites is 2. The Morgan fingerprint density at radius 1 is 1.14 bits per heavy atom.